The molecule has 1 N–H and O–H groups in total. The van der Waals surface area contributed by atoms with Gasteiger partial charge in [-0.2, -0.15) is 4.98 Å². The summed E-state index contributed by atoms with van der Waals surface area (Å²) in [6.45, 7) is 3.34. The van der Waals surface area contributed by atoms with Crippen molar-refractivity contribution in [1.29, 1.82) is 0 Å². The normalized spacial score (nSPS) is 10.9. The van der Waals surface area contributed by atoms with E-state index in [4.69, 9.17) is 14.0 Å². The number of fused-ring (bicyclic) bond motifs is 1. The molecule has 0 saturated carbocycles. The van der Waals surface area contributed by atoms with Crippen LogP contribution in [-0.4, -0.2) is 33.5 Å². The van der Waals surface area contributed by atoms with Gasteiger partial charge in [0, 0.05) is 29.1 Å². The minimum atomic E-state index is -0.582. The van der Waals surface area contributed by atoms with E-state index in [2.05, 4.69) is 15.1 Å². The van der Waals surface area contributed by atoms with Crippen molar-refractivity contribution in [2.24, 2.45) is 0 Å². The Labute approximate surface area is 171 Å². The number of ether oxygens (including phenoxy) is 2. The summed E-state index contributed by atoms with van der Waals surface area (Å²) in [4.78, 5) is 32.1. The van der Waals surface area contributed by atoms with Gasteiger partial charge in [-0.05, 0) is 37.3 Å². The molecule has 152 valence electrons. The number of nitrogens with one attached hydrogen (secondary N) is 1. The van der Waals surface area contributed by atoms with E-state index in [1.54, 1.807) is 31.2 Å². The Morgan fingerprint density at radius 2 is 1.83 bits per heavy atom. The van der Waals surface area contributed by atoms with Gasteiger partial charge in [-0.1, -0.05) is 23.4 Å². The molecule has 0 atom stereocenters. The van der Waals surface area contributed by atoms with E-state index < -0.39 is 5.97 Å². The van der Waals surface area contributed by atoms with E-state index in [0.717, 1.165) is 16.6 Å². The van der Waals surface area contributed by atoms with Gasteiger partial charge in [0.25, 0.3) is 0 Å². The molecule has 0 spiro atoms. The van der Waals surface area contributed by atoms with Crippen molar-refractivity contribution in [3.8, 4) is 5.75 Å². The first-order chi connectivity index (χ1) is 14.5. The van der Waals surface area contributed by atoms with Crippen LogP contribution >= 0.6 is 0 Å². The van der Waals surface area contributed by atoms with Crippen LogP contribution in [0.5, 0.6) is 5.75 Å². The second kappa shape index (κ2) is 8.20. The molecular formula is C22H19N3O5. The van der Waals surface area contributed by atoms with Crippen LogP contribution in [0.2, 0.25) is 0 Å². The van der Waals surface area contributed by atoms with Crippen LogP contribution in [0.15, 0.2) is 53.1 Å². The van der Waals surface area contributed by atoms with Crippen molar-refractivity contribution in [1.82, 2.24) is 15.1 Å². The van der Waals surface area contributed by atoms with Crippen molar-refractivity contribution < 1.29 is 23.6 Å². The number of hydrogen-bond donors (Lipinski definition) is 1. The van der Waals surface area contributed by atoms with Gasteiger partial charge in [-0.3, -0.25) is 4.79 Å². The van der Waals surface area contributed by atoms with Crippen molar-refractivity contribution in [2.75, 3.05) is 6.61 Å². The van der Waals surface area contributed by atoms with Crippen LogP contribution in [0, 0.1) is 13.8 Å². The minimum Gasteiger partial charge on any atom is -0.485 e. The fraction of sp³-hybridized carbons (Fsp3) is 0.182. The fourth-order valence-electron chi connectivity index (χ4n) is 3.16. The van der Waals surface area contributed by atoms with Gasteiger partial charge in [0.1, 0.15) is 5.75 Å². The first-order valence-electron chi connectivity index (χ1n) is 9.31. The number of aromatic amines is 1. The lowest BCUT2D eigenvalue weighted by atomic mass is 10.1. The van der Waals surface area contributed by atoms with Crippen molar-refractivity contribution >= 4 is 22.7 Å². The fourth-order valence-corrected chi connectivity index (χ4v) is 3.16. The number of rotatable bonds is 7. The molecule has 0 aliphatic rings. The Hall–Kier alpha value is -3.94. The number of aryl methyl sites for hydroxylation is 2. The molecule has 0 aliphatic carbocycles. The van der Waals surface area contributed by atoms with E-state index in [-0.39, 0.29) is 19.0 Å². The van der Waals surface area contributed by atoms with Gasteiger partial charge in [-0.25, -0.2) is 4.79 Å². The topological polar surface area (TPSA) is 107 Å². The molecule has 0 radical (unpaired) electrons. The Bertz CT molecular complexity index is 1210. The SMILES string of the molecule is Cc1nc(COc2ccc(C(=O)OCC(=O)c3c(C)[nH]c4ccccc34)cc2)no1. The van der Waals surface area contributed by atoms with Crippen molar-refractivity contribution in [3.63, 3.8) is 0 Å². The molecule has 2 heterocycles. The molecule has 4 rings (SSSR count). The van der Waals surface area contributed by atoms with Gasteiger partial charge >= 0.3 is 5.97 Å². The lowest BCUT2D eigenvalue weighted by molar-refractivity contribution is 0.0475. The lowest BCUT2D eigenvalue weighted by Gasteiger charge is -2.06. The molecule has 0 saturated heterocycles. The Balaban J connectivity index is 1.35. The number of Topliss-reactive ketones (excluding diaryl/α,β-unsaturated/α-hetero) is 1. The molecule has 8 heteroatoms. The molecule has 2 aromatic heterocycles. The first kappa shape index (κ1) is 19.4. The predicted molar refractivity (Wildman–Crippen MR) is 107 cm³/mol. The number of para-hydroxylation sites is 1. The summed E-state index contributed by atoms with van der Waals surface area (Å²) in [5, 5.41) is 4.56. The van der Waals surface area contributed by atoms with Crippen molar-refractivity contribution in [2.45, 2.75) is 20.5 Å². The average Bonchev–Trinajstić information content (AvgIpc) is 3.32. The number of carbonyl (C=O) groups excluding carboxylic acids is 2. The van der Waals surface area contributed by atoms with Crippen LogP contribution in [0.4, 0.5) is 0 Å². The zero-order valence-electron chi connectivity index (χ0n) is 16.5. The number of H-pyrrole nitrogens is 1. The largest absolute Gasteiger partial charge is 0.485 e. The zero-order chi connectivity index (χ0) is 21.1. The maximum Gasteiger partial charge on any atom is 0.338 e. The lowest BCUT2D eigenvalue weighted by Crippen LogP contribution is -2.14. The van der Waals surface area contributed by atoms with Crippen LogP contribution in [0.25, 0.3) is 10.9 Å². The summed E-state index contributed by atoms with van der Waals surface area (Å²) < 4.78 is 15.6. The van der Waals surface area contributed by atoms with E-state index in [9.17, 15) is 9.59 Å². The highest BCUT2D eigenvalue weighted by atomic mass is 16.5. The molecule has 0 unspecified atom stereocenters. The minimum absolute atomic E-state index is 0.152. The Kier molecular flexibility index (Phi) is 5.30. The molecule has 0 bridgehead atoms. The molecule has 0 amide bonds. The number of nitrogens with zero attached hydrogens (tertiary/aromatic N) is 2. The van der Waals surface area contributed by atoms with Gasteiger partial charge in [0.2, 0.25) is 17.5 Å². The summed E-state index contributed by atoms with van der Waals surface area (Å²) in [6, 6.07) is 13.9. The third-order valence-corrected chi connectivity index (χ3v) is 4.53. The molecule has 2 aromatic carbocycles. The van der Waals surface area contributed by atoms with Gasteiger partial charge in [0.05, 0.1) is 5.56 Å². The Morgan fingerprint density at radius 1 is 1.07 bits per heavy atom. The van der Waals surface area contributed by atoms with E-state index in [0.29, 0.717) is 28.6 Å². The summed E-state index contributed by atoms with van der Waals surface area (Å²) in [7, 11) is 0. The van der Waals surface area contributed by atoms with E-state index >= 15 is 0 Å². The van der Waals surface area contributed by atoms with Crippen LogP contribution in [0.1, 0.15) is 38.1 Å². The number of esters is 1. The van der Waals surface area contributed by atoms with Crippen LogP contribution in [-0.2, 0) is 11.3 Å². The summed E-state index contributed by atoms with van der Waals surface area (Å²) in [5.41, 5.74) is 2.48. The van der Waals surface area contributed by atoms with Gasteiger partial charge < -0.3 is 19.0 Å². The number of aromatic nitrogens is 3. The van der Waals surface area contributed by atoms with E-state index in [1.807, 2.05) is 31.2 Å². The molecule has 0 fully saturated rings. The van der Waals surface area contributed by atoms with E-state index in [1.165, 1.54) is 0 Å². The molecular weight excluding hydrogens is 386 g/mol. The summed E-state index contributed by atoms with van der Waals surface area (Å²) >= 11 is 0. The highest BCUT2D eigenvalue weighted by molar-refractivity contribution is 6.10. The monoisotopic (exact) mass is 405 g/mol. The second-order valence-electron chi connectivity index (χ2n) is 6.71. The smallest absolute Gasteiger partial charge is 0.338 e. The highest BCUT2D eigenvalue weighted by Crippen LogP contribution is 2.22. The van der Waals surface area contributed by atoms with Crippen LogP contribution < -0.4 is 4.74 Å². The first-order valence-corrected chi connectivity index (χ1v) is 9.31. The number of hydrogen-bond acceptors (Lipinski definition) is 7. The number of carbonyl (C=O) groups is 2. The molecule has 0 aliphatic heterocycles. The van der Waals surface area contributed by atoms with Crippen LogP contribution in [0.3, 0.4) is 0 Å². The standard InChI is InChI=1S/C22H19N3O5/c1-13-21(17-5-3-4-6-18(17)23-13)19(26)11-29-22(27)15-7-9-16(10-8-15)28-12-20-24-14(2)30-25-20/h3-10,23H,11-12H2,1-2H3. The zero-order valence-corrected chi connectivity index (χ0v) is 16.5. The van der Waals surface area contributed by atoms with Gasteiger partial charge in [0.15, 0.2) is 13.2 Å². The summed E-state index contributed by atoms with van der Waals surface area (Å²) in [6.07, 6.45) is 0. The second-order valence-corrected chi connectivity index (χ2v) is 6.71. The Morgan fingerprint density at radius 3 is 2.57 bits per heavy atom. The number of ketones is 1. The third-order valence-electron chi connectivity index (χ3n) is 4.53. The van der Waals surface area contributed by atoms with Gasteiger partial charge in [-0.15, -0.1) is 0 Å². The molecule has 8 nitrogen and oxygen atoms in total. The van der Waals surface area contributed by atoms with Crippen molar-refractivity contribution in [3.05, 3.63) is 77.1 Å². The average molecular weight is 405 g/mol. The third kappa shape index (κ3) is 4.07. The number of benzene rings is 2. The quantitative estimate of drug-likeness (QED) is 0.368. The molecule has 30 heavy (non-hydrogen) atoms. The maximum atomic E-state index is 12.6. The maximum absolute atomic E-state index is 12.6. The summed E-state index contributed by atoms with van der Waals surface area (Å²) in [5.74, 6) is 0.598. The highest BCUT2D eigenvalue weighted by Gasteiger charge is 2.18. The predicted octanol–water partition coefficient (Wildman–Crippen LogP) is 3.79. The molecule has 4 aromatic rings.